The molecule has 0 N–H and O–H groups in total. The average molecular weight is 527 g/mol. The highest BCUT2D eigenvalue weighted by molar-refractivity contribution is 5.91. The van der Waals surface area contributed by atoms with E-state index in [1.165, 1.54) is 0 Å². The molecule has 0 saturated heterocycles. The van der Waals surface area contributed by atoms with Crippen molar-refractivity contribution >= 4 is 17.7 Å². The predicted molar refractivity (Wildman–Crippen MR) is 153 cm³/mol. The second kappa shape index (κ2) is 13.3. The van der Waals surface area contributed by atoms with Gasteiger partial charge in [0.2, 0.25) is 17.6 Å². The molecule has 0 fully saturated rings. The molecule has 1 heterocycles. The summed E-state index contributed by atoms with van der Waals surface area (Å²) in [6.45, 7) is 0.951. The standard InChI is InChI=1S/C31H34N4O4/c1-34(2)26-14-12-25(13-15-26)31-32-29(39-33-31)19-21-35(30(36)17-11-23-8-6-5-7-9-23)20-18-24-10-16-27(37-3)28(22-24)38-4/h5-17,22H,18-21H2,1-4H3. The van der Waals surface area contributed by atoms with Gasteiger partial charge in [-0.05, 0) is 60.0 Å². The van der Waals surface area contributed by atoms with Crippen LogP contribution < -0.4 is 14.4 Å². The molecule has 0 bridgehead atoms. The van der Waals surface area contributed by atoms with Crippen LogP contribution in [-0.4, -0.2) is 62.4 Å². The van der Waals surface area contributed by atoms with Crippen LogP contribution in [0.4, 0.5) is 5.69 Å². The molecule has 0 unspecified atom stereocenters. The number of ether oxygens (including phenoxy) is 2. The first-order chi connectivity index (χ1) is 19.0. The van der Waals surface area contributed by atoms with Crippen LogP contribution >= 0.6 is 0 Å². The van der Waals surface area contributed by atoms with Crippen LogP contribution in [0.5, 0.6) is 11.5 Å². The van der Waals surface area contributed by atoms with Gasteiger partial charge in [-0.15, -0.1) is 0 Å². The molecule has 0 atom stereocenters. The van der Waals surface area contributed by atoms with Crippen LogP contribution in [0.3, 0.4) is 0 Å². The molecule has 202 valence electrons. The molecule has 39 heavy (non-hydrogen) atoms. The first-order valence-electron chi connectivity index (χ1n) is 12.8. The summed E-state index contributed by atoms with van der Waals surface area (Å²) in [4.78, 5) is 21.6. The number of methoxy groups -OCH3 is 2. The molecule has 0 saturated carbocycles. The zero-order chi connectivity index (χ0) is 27.6. The lowest BCUT2D eigenvalue weighted by Gasteiger charge is -2.21. The molecule has 1 aromatic heterocycles. The van der Waals surface area contributed by atoms with Gasteiger partial charge in [-0.3, -0.25) is 4.79 Å². The van der Waals surface area contributed by atoms with Crippen LogP contribution in [0, 0.1) is 0 Å². The molecule has 0 aliphatic heterocycles. The molecular formula is C31H34N4O4. The third kappa shape index (κ3) is 7.47. The normalized spacial score (nSPS) is 11.0. The van der Waals surface area contributed by atoms with Crippen molar-refractivity contribution in [2.75, 3.05) is 46.3 Å². The smallest absolute Gasteiger partial charge is 0.246 e. The summed E-state index contributed by atoms with van der Waals surface area (Å²) in [7, 11) is 7.21. The van der Waals surface area contributed by atoms with Crippen molar-refractivity contribution in [3.05, 3.63) is 95.9 Å². The Morgan fingerprint density at radius 3 is 2.31 bits per heavy atom. The Morgan fingerprint density at radius 1 is 0.897 bits per heavy atom. The molecule has 8 nitrogen and oxygen atoms in total. The van der Waals surface area contributed by atoms with Crippen molar-refractivity contribution in [1.29, 1.82) is 0 Å². The van der Waals surface area contributed by atoms with Gasteiger partial charge >= 0.3 is 0 Å². The van der Waals surface area contributed by atoms with E-state index in [-0.39, 0.29) is 5.91 Å². The fraction of sp³-hybridized carbons (Fsp3) is 0.258. The summed E-state index contributed by atoms with van der Waals surface area (Å²) in [6.07, 6.45) is 4.53. The minimum Gasteiger partial charge on any atom is -0.493 e. The first-order valence-corrected chi connectivity index (χ1v) is 12.8. The van der Waals surface area contributed by atoms with Crippen molar-refractivity contribution in [1.82, 2.24) is 15.0 Å². The maximum Gasteiger partial charge on any atom is 0.246 e. The number of benzene rings is 3. The largest absolute Gasteiger partial charge is 0.493 e. The van der Waals surface area contributed by atoms with Gasteiger partial charge in [-0.1, -0.05) is 41.6 Å². The van der Waals surface area contributed by atoms with Gasteiger partial charge in [0, 0.05) is 50.9 Å². The monoisotopic (exact) mass is 526 g/mol. The number of rotatable bonds is 12. The summed E-state index contributed by atoms with van der Waals surface area (Å²) >= 11 is 0. The minimum absolute atomic E-state index is 0.0849. The average Bonchev–Trinajstić information content (AvgIpc) is 3.45. The van der Waals surface area contributed by atoms with Crippen LogP contribution in [0.1, 0.15) is 17.0 Å². The van der Waals surface area contributed by atoms with Crippen molar-refractivity contribution in [3.8, 4) is 22.9 Å². The van der Waals surface area contributed by atoms with E-state index in [4.69, 9.17) is 14.0 Å². The molecule has 3 aromatic carbocycles. The zero-order valence-electron chi connectivity index (χ0n) is 22.8. The summed E-state index contributed by atoms with van der Waals surface area (Å²) in [5.74, 6) is 2.26. The number of carbonyl (C=O) groups excluding carboxylic acids is 1. The topological polar surface area (TPSA) is 80.9 Å². The lowest BCUT2D eigenvalue weighted by Crippen LogP contribution is -2.33. The molecule has 1 amide bonds. The first kappa shape index (κ1) is 27.4. The SMILES string of the molecule is COc1ccc(CCN(CCc2nc(-c3ccc(N(C)C)cc3)no2)C(=O)C=Cc2ccccc2)cc1OC. The van der Waals surface area contributed by atoms with E-state index in [1.807, 2.05) is 97.9 Å². The van der Waals surface area contributed by atoms with Gasteiger partial charge in [0.05, 0.1) is 14.2 Å². The quantitative estimate of drug-likeness (QED) is 0.236. The second-order valence-corrected chi connectivity index (χ2v) is 9.21. The van der Waals surface area contributed by atoms with Gasteiger partial charge in [-0.2, -0.15) is 4.98 Å². The Labute approximate surface area is 229 Å². The molecule has 0 spiro atoms. The van der Waals surface area contributed by atoms with Crippen LogP contribution in [0.2, 0.25) is 0 Å². The van der Waals surface area contributed by atoms with Crippen LogP contribution in [0.25, 0.3) is 17.5 Å². The van der Waals surface area contributed by atoms with Crippen LogP contribution in [-0.2, 0) is 17.6 Å². The van der Waals surface area contributed by atoms with E-state index >= 15 is 0 Å². The Hall–Kier alpha value is -4.59. The number of nitrogens with zero attached hydrogens (tertiary/aromatic N) is 4. The lowest BCUT2D eigenvalue weighted by molar-refractivity contribution is -0.126. The maximum absolute atomic E-state index is 13.2. The molecular weight excluding hydrogens is 492 g/mol. The Kier molecular flexibility index (Phi) is 9.34. The fourth-order valence-electron chi connectivity index (χ4n) is 4.08. The summed E-state index contributed by atoms with van der Waals surface area (Å²) < 4.78 is 16.3. The highest BCUT2D eigenvalue weighted by Gasteiger charge is 2.15. The van der Waals surface area contributed by atoms with Crippen LogP contribution in [0.15, 0.2) is 83.4 Å². The van der Waals surface area contributed by atoms with Crippen molar-refractivity contribution in [2.45, 2.75) is 12.8 Å². The number of hydrogen-bond donors (Lipinski definition) is 0. The minimum atomic E-state index is -0.0849. The fourth-order valence-corrected chi connectivity index (χ4v) is 4.08. The van der Waals surface area contributed by atoms with E-state index in [0.29, 0.717) is 49.1 Å². The predicted octanol–water partition coefficient (Wildman–Crippen LogP) is 5.15. The summed E-state index contributed by atoms with van der Waals surface area (Å²) in [5.41, 5.74) is 3.98. The summed E-state index contributed by atoms with van der Waals surface area (Å²) in [6, 6.07) is 23.5. The van der Waals surface area contributed by atoms with Crippen molar-refractivity contribution in [2.24, 2.45) is 0 Å². The van der Waals surface area contributed by atoms with Gasteiger partial charge in [0.1, 0.15) is 0 Å². The molecule has 0 aliphatic carbocycles. The third-order valence-corrected chi connectivity index (χ3v) is 6.35. The zero-order valence-corrected chi connectivity index (χ0v) is 22.8. The van der Waals surface area contributed by atoms with Gasteiger partial charge < -0.3 is 23.8 Å². The highest BCUT2D eigenvalue weighted by Crippen LogP contribution is 2.28. The molecule has 4 rings (SSSR count). The number of amides is 1. The van der Waals surface area contributed by atoms with Crippen molar-refractivity contribution in [3.63, 3.8) is 0 Å². The van der Waals surface area contributed by atoms with E-state index in [1.54, 1.807) is 25.2 Å². The molecule has 8 heteroatoms. The van der Waals surface area contributed by atoms with Gasteiger partial charge in [0.25, 0.3) is 0 Å². The number of hydrogen-bond acceptors (Lipinski definition) is 7. The van der Waals surface area contributed by atoms with E-state index in [0.717, 1.165) is 22.4 Å². The van der Waals surface area contributed by atoms with Gasteiger partial charge in [-0.25, -0.2) is 0 Å². The van der Waals surface area contributed by atoms with E-state index < -0.39 is 0 Å². The number of carbonyl (C=O) groups is 1. The summed E-state index contributed by atoms with van der Waals surface area (Å²) in [5, 5.41) is 4.15. The Bertz CT molecular complexity index is 1380. The highest BCUT2D eigenvalue weighted by atomic mass is 16.5. The van der Waals surface area contributed by atoms with Gasteiger partial charge in [0.15, 0.2) is 11.5 Å². The van der Waals surface area contributed by atoms with E-state index in [2.05, 4.69) is 10.1 Å². The number of aromatic nitrogens is 2. The third-order valence-electron chi connectivity index (χ3n) is 6.35. The van der Waals surface area contributed by atoms with Crippen molar-refractivity contribution < 1.29 is 18.8 Å². The number of anilines is 1. The maximum atomic E-state index is 13.2. The Morgan fingerprint density at radius 2 is 1.62 bits per heavy atom. The molecule has 0 aliphatic rings. The lowest BCUT2D eigenvalue weighted by atomic mass is 10.1. The second-order valence-electron chi connectivity index (χ2n) is 9.21. The Balaban J connectivity index is 1.45. The molecule has 4 aromatic rings. The van der Waals surface area contributed by atoms with E-state index in [9.17, 15) is 4.79 Å². The molecule has 0 radical (unpaired) electrons.